The number of nitrogens with one attached hydrogen (secondary N) is 1. The maximum atomic E-state index is 4.06. The smallest absolute Gasteiger partial charge is 0.113 e. The molecule has 0 unspecified atom stereocenters. The van der Waals surface area contributed by atoms with E-state index < -0.39 is 0 Å². The molecule has 0 aliphatic rings. The van der Waals surface area contributed by atoms with Crippen molar-refractivity contribution in [3.8, 4) is 0 Å². The van der Waals surface area contributed by atoms with Gasteiger partial charge in [0.15, 0.2) is 0 Å². The monoisotopic (exact) mass is 253 g/mol. The summed E-state index contributed by atoms with van der Waals surface area (Å²) in [5.74, 6) is 0. The summed E-state index contributed by atoms with van der Waals surface area (Å²) in [5.41, 5.74) is 3.24. The molecule has 0 atom stereocenters. The molecule has 1 heterocycles. The highest BCUT2D eigenvalue weighted by molar-refractivity contribution is 9.09. The lowest BCUT2D eigenvalue weighted by molar-refractivity contribution is 0.806. The minimum atomic E-state index is 0.939. The zero-order chi connectivity index (χ0) is 9.80. The summed E-state index contributed by atoms with van der Waals surface area (Å²) in [6.07, 6.45) is 3.56. The first-order valence-electron chi connectivity index (χ1n) is 4.75. The third-order valence-corrected chi connectivity index (χ3v) is 2.79. The molecule has 0 amide bonds. The van der Waals surface area contributed by atoms with Crippen LogP contribution in [0, 0.1) is 0 Å². The highest BCUT2D eigenvalue weighted by Gasteiger charge is 1.99. The van der Waals surface area contributed by atoms with Crippen LogP contribution in [0.2, 0.25) is 0 Å². The van der Waals surface area contributed by atoms with Crippen molar-refractivity contribution in [1.29, 1.82) is 0 Å². The van der Waals surface area contributed by atoms with E-state index in [4.69, 9.17) is 0 Å². The molecular formula is C10H12BrN3. The van der Waals surface area contributed by atoms with E-state index in [2.05, 4.69) is 43.5 Å². The first kappa shape index (κ1) is 9.65. The van der Waals surface area contributed by atoms with Gasteiger partial charge in [-0.2, -0.15) is 15.4 Å². The molecule has 14 heavy (non-hydrogen) atoms. The zero-order valence-corrected chi connectivity index (χ0v) is 9.42. The summed E-state index contributed by atoms with van der Waals surface area (Å²) < 4.78 is 0. The Morgan fingerprint density at radius 3 is 2.86 bits per heavy atom. The number of alkyl halides is 1. The Labute approximate surface area is 91.0 Å². The first-order valence-corrected chi connectivity index (χ1v) is 5.87. The van der Waals surface area contributed by atoms with Crippen molar-refractivity contribution in [1.82, 2.24) is 15.4 Å². The minimum absolute atomic E-state index is 0.939. The van der Waals surface area contributed by atoms with Crippen LogP contribution in [0.1, 0.15) is 18.4 Å². The molecule has 1 aromatic heterocycles. The summed E-state index contributed by atoms with van der Waals surface area (Å²) in [4.78, 5) is 0. The number of rotatable bonds is 4. The molecule has 0 aliphatic heterocycles. The van der Waals surface area contributed by atoms with Crippen LogP contribution in [0.4, 0.5) is 0 Å². The lowest BCUT2D eigenvalue weighted by Crippen LogP contribution is -1.86. The number of aromatic amines is 1. The predicted octanol–water partition coefficient (Wildman–Crippen LogP) is 2.68. The van der Waals surface area contributed by atoms with Gasteiger partial charge in [0.05, 0.1) is 0 Å². The van der Waals surface area contributed by atoms with Gasteiger partial charge in [0.25, 0.3) is 0 Å². The van der Waals surface area contributed by atoms with Crippen LogP contribution < -0.4 is 0 Å². The van der Waals surface area contributed by atoms with E-state index in [0.29, 0.717) is 0 Å². The van der Waals surface area contributed by atoms with Gasteiger partial charge in [-0.15, -0.1) is 0 Å². The van der Waals surface area contributed by atoms with E-state index >= 15 is 0 Å². The van der Waals surface area contributed by atoms with E-state index in [1.54, 1.807) is 0 Å². The van der Waals surface area contributed by atoms with Gasteiger partial charge in [-0.3, -0.25) is 0 Å². The minimum Gasteiger partial charge on any atom is -0.197 e. The second kappa shape index (κ2) is 4.55. The van der Waals surface area contributed by atoms with Gasteiger partial charge in [0.1, 0.15) is 11.0 Å². The Kier molecular flexibility index (Phi) is 3.14. The lowest BCUT2D eigenvalue weighted by atomic mass is 10.1. The van der Waals surface area contributed by atoms with Crippen molar-refractivity contribution in [2.24, 2.45) is 0 Å². The van der Waals surface area contributed by atoms with Crippen LogP contribution in [0.5, 0.6) is 0 Å². The average molecular weight is 254 g/mol. The van der Waals surface area contributed by atoms with Gasteiger partial charge in [-0.05, 0) is 37.0 Å². The summed E-state index contributed by atoms with van der Waals surface area (Å²) in [6, 6.07) is 6.24. The molecular weight excluding hydrogens is 242 g/mol. The fraction of sp³-hybridized carbons (Fsp3) is 0.400. The van der Waals surface area contributed by atoms with Crippen molar-refractivity contribution >= 4 is 27.0 Å². The summed E-state index contributed by atoms with van der Waals surface area (Å²) in [6.45, 7) is 0. The molecule has 2 rings (SSSR count). The van der Waals surface area contributed by atoms with Crippen molar-refractivity contribution < 1.29 is 0 Å². The Balaban J connectivity index is 2.10. The molecule has 0 saturated heterocycles. The van der Waals surface area contributed by atoms with Gasteiger partial charge >= 0.3 is 0 Å². The number of H-pyrrole nitrogens is 1. The number of aryl methyl sites for hydroxylation is 1. The predicted molar refractivity (Wildman–Crippen MR) is 60.6 cm³/mol. The van der Waals surface area contributed by atoms with E-state index in [-0.39, 0.29) is 0 Å². The number of hydrogen-bond donors (Lipinski definition) is 1. The molecule has 0 spiro atoms. The van der Waals surface area contributed by atoms with Crippen LogP contribution in [0.3, 0.4) is 0 Å². The SMILES string of the molecule is BrCCCCc1ccc2n[nH]nc2c1. The van der Waals surface area contributed by atoms with Gasteiger partial charge in [0.2, 0.25) is 0 Å². The second-order valence-corrected chi connectivity index (χ2v) is 4.09. The zero-order valence-electron chi connectivity index (χ0n) is 7.83. The van der Waals surface area contributed by atoms with Crippen molar-refractivity contribution in [2.75, 3.05) is 5.33 Å². The topological polar surface area (TPSA) is 41.6 Å². The summed E-state index contributed by atoms with van der Waals surface area (Å²) >= 11 is 3.43. The van der Waals surface area contributed by atoms with Gasteiger partial charge < -0.3 is 0 Å². The van der Waals surface area contributed by atoms with E-state index in [1.807, 2.05) is 6.07 Å². The molecule has 2 aromatic rings. The molecule has 74 valence electrons. The molecule has 4 heteroatoms. The number of halogens is 1. The van der Waals surface area contributed by atoms with Crippen LogP contribution in [-0.2, 0) is 6.42 Å². The molecule has 0 fully saturated rings. The molecule has 0 aliphatic carbocycles. The number of unbranched alkanes of at least 4 members (excludes halogenated alkanes) is 1. The van der Waals surface area contributed by atoms with E-state index in [0.717, 1.165) is 22.8 Å². The van der Waals surface area contributed by atoms with Crippen molar-refractivity contribution in [2.45, 2.75) is 19.3 Å². The fourth-order valence-corrected chi connectivity index (χ4v) is 1.86. The molecule has 1 aromatic carbocycles. The number of aromatic nitrogens is 3. The van der Waals surface area contributed by atoms with Crippen LogP contribution in [0.25, 0.3) is 11.0 Å². The Bertz CT molecular complexity index is 410. The van der Waals surface area contributed by atoms with Gasteiger partial charge in [-0.1, -0.05) is 22.0 Å². The standard InChI is InChI=1S/C10H12BrN3/c11-6-2-1-3-8-4-5-9-10(7-8)13-14-12-9/h4-5,7H,1-3,6H2,(H,12,13,14). The second-order valence-electron chi connectivity index (χ2n) is 3.29. The Morgan fingerprint density at radius 2 is 2.00 bits per heavy atom. The first-order chi connectivity index (χ1) is 6.90. The number of fused-ring (bicyclic) bond motifs is 1. The maximum absolute atomic E-state index is 4.06. The highest BCUT2D eigenvalue weighted by Crippen LogP contribution is 2.12. The largest absolute Gasteiger partial charge is 0.197 e. The number of nitrogens with zero attached hydrogens (tertiary/aromatic N) is 2. The van der Waals surface area contributed by atoms with E-state index in [1.165, 1.54) is 18.4 Å². The van der Waals surface area contributed by atoms with Crippen LogP contribution >= 0.6 is 15.9 Å². The molecule has 0 bridgehead atoms. The normalized spacial score (nSPS) is 10.9. The summed E-state index contributed by atoms with van der Waals surface area (Å²) in [7, 11) is 0. The Hall–Kier alpha value is -0.900. The molecule has 1 N–H and O–H groups in total. The van der Waals surface area contributed by atoms with Gasteiger partial charge in [0, 0.05) is 5.33 Å². The lowest BCUT2D eigenvalue weighted by Gasteiger charge is -1.98. The average Bonchev–Trinajstić information content (AvgIpc) is 2.65. The summed E-state index contributed by atoms with van der Waals surface area (Å²) in [5, 5.41) is 11.8. The Morgan fingerprint density at radius 1 is 1.14 bits per heavy atom. The highest BCUT2D eigenvalue weighted by atomic mass is 79.9. The van der Waals surface area contributed by atoms with Crippen LogP contribution in [0.15, 0.2) is 18.2 Å². The third-order valence-electron chi connectivity index (χ3n) is 2.23. The molecule has 0 radical (unpaired) electrons. The number of hydrogen-bond acceptors (Lipinski definition) is 2. The number of benzene rings is 1. The van der Waals surface area contributed by atoms with Crippen molar-refractivity contribution in [3.05, 3.63) is 23.8 Å². The van der Waals surface area contributed by atoms with E-state index in [9.17, 15) is 0 Å². The quantitative estimate of drug-likeness (QED) is 0.673. The fourth-order valence-electron chi connectivity index (χ4n) is 1.46. The maximum Gasteiger partial charge on any atom is 0.113 e. The molecule has 0 saturated carbocycles. The van der Waals surface area contributed by atoms with Crippen molar-refractivity contribution in [3.63, 3.8) is 0 Å². The van der Waals surface area contributed by atoms with Gasteiger partial charge in [-0.25, -0.2) is 0 Å². The third kappa shape index (κ3) is 2.12. The molecule has 3 nitrogen and oxygen atoms in total. The van der Waals surface area contributed by atoms with Crippen LogP contribution in [-0.4, -0.2) is 20.7 Å².